The zero-order valence-corrected chi connectivity index (χ0v) is 20.0. The van der Waals surface area contributed by atoms with Gasteiger partial charge in [0.15, 0.2) is 5.65 Å². The molecule has 0 N–H and O–H groups in total. The van der Waals surface area contributed by atoms with Crippen LogP contribution in [0.2, 0.25) is 5.02 Å². The highest BCUT2D eigenvalue weighted by molar-refractivity contribution is 6.30. The molecule has 1 aliphatic heterocycles. The van der Waals surface area contributed by atoms with Gasteiger partial charge >= 0.3 is 0 Å². The first-order chi connectivity index (χ1) is 16.3. The van der Waals surface area contributed by atoms with E-state index in [-0.39, 0.29) is 23.1 Å². The Labute approximate surface area is 201 Å². The van der Waals surface area contributed by atoms with Crippen LogP contribution in [-0.2, 0) is 11.8 Å². The summed E-state index contributed by atoms with van der Waals surface area (Å²) >= 11 is 6.10. The largest absolute Gasteiger partial charge is 0.373 e. The Morgan fingerprint density at radius 3 is 2.50 bits per heavy atom. The van der Waals surface area contributed by atoms with Gasteiger partial charge in [0, 0.05) is 36.5 Å². The molecule has 0 radical (unpaired) electrons. The maximum absolute atomic E-state index is 13.9. The van der Waals surface area contributed by atoms with Crippen molar-refractivity contribution in [2.75, 3.05) is 6.61 Å². The van der Waals surface area contributed by atoms with Crippen LogP contribution in [0.25, 0.3) is 16.9 Å². The highest BCUT2D eigenvalue weighted by atomic mass is 35.5. The molecule has 7 nitrogen and oxygen atoms in total. The average molecular weight is 477 g/mol. The molecule has 2 atom stereocenters. The van der Waals surface area contributed by atoms with Crippen LogP contribution in [0.15, 0.2) is 58.3 Å². The van der Waals surface area contributed by atoms with Gasteiger partial charge in [0.25, 0.3) is 5.56 Å². The molecule has 0 spiro atoms. The summed E-state index contributed by atoms with van der Waals surface area (Å²) in [5, 5.41) is 0.597. The fourth-order valence-corrected chi connectivity index (χ4v) is 4.67. The number of nitrogens with zero attached hydrogens (tertiary/aromatic N) is 4. The Kier molecular flexibility index (Phi) is 5.83. The maximum Gasteiger partial charge on any atom is 0.260 e. The average Bonchev–Trinajstić information content (AvgIpc) is 2.83. The molecule has 1 unspecified atom stereocenters. The molecule has 34 heavy (non-hydrogen) atoms. The van der Waals surface area contributed by atoms with Crippen LogP contribution in [0, 0.1) is 13.8 Å². The molecule has 4 aromatic rings. The second-order valence-electron chi connectivity index (χ2n) is 8.81. The van der Waals surface area contributed by atoms with E-state index in [4.69, 9.17) is 26.3 Å². The van der Waals surface area contributed by atoms with Gasteiger partial charge in [-0.15, -0.1) is 0 Å². The summed E-state index contributed by atoms with van der Waals surface area (Å²) in [6.45, 7) is 4.33. The summed E-state index contributed by atoms with van der Waals surface area (Å²) in [5.41, 5.74) is 4.95. The predicted molar refractivity (Wildman–Crippen MR) is 132 cm³/mol. The number of hydrogen-bond donors (Lipinski definition) is 0. The van der Waals surface area contributed by atoms with Gasteiger partial charge in [-0.2, -0.15) is 0 Å². The highest BCUT2D eigenvalue weighted by Crippen LogP contribution is 2.37. The van der Waals surface area contributed by atoms with E-state index in [1.54, 1.807) is 46.6 Å². The van der Waals surface area contributed by atoms with Crippen LogP contribution in [0.3, 0.4) is 0 Å². The molecule has 0 aliphatic carbocycles. The fraction of sp³-hybridized carbons (Fsp3) is 0.308. The second-order valence-corrected chi connectivity index (χ2v) is 9.25. The number of hydrogen-bond acceptors (Lipinski definition) is 5. The molecular weight excluding hydrogens is 452 g/mol. The monoisotopic (exact) mass is 476 g/mol. The molecule has 3 aromatic heterocycles. The minimum atomic E-state index is -0.199. The van der Waals surface area contributed by atoms with Gasteiger partial charge in [-0.3, -0.25) is 14.2 Å². The Hall–Kier alpha value is -3.29. The third kappa shape index (κ3) is 4.06. The van der Waals surface area contributed by atoms with Gasteiger partial charge in [-0.05, 0) is 74.6 Å². The van der Waals surface area contributed by atoms with Crippen molar-refractivity contribution >= 4 is 22.8 Å². The Morgan fingerprint density at radius 2 is 1.76 bits per heavy atom. The molecule has 1 saturated heterocycles. The number of halogens is 1. The standard InChI is InChI=1S/C26H25ClN4O3/c1-15-16(2)29-25-22(28-15)13-21(26(33)31(25)20-7-5-19(27)6-8-20)17-10-11-34-23(12-17)18-4-9-24(32)30(3)14-18/h4-9,13-14,17,23H,10-12H2,1-3H3/t17?,23-/m1/s1. The molecule has 1 aliphatic rings. The van der Waals surface area contributed by atoms with Crippen molar-refractivity contribution in [1.82, 2.24) is 19.1 Å². The second kappa shape index (κ2) is 8.81. The lowest BCUT2D eigenvalue weighted by molar-refractivity contribution is 0.00469. The summed E-state index contributed by atoms with van der Waals surface area (Å²) in [6.07, 6.45) is 2.97. The Morgan fingerprint density at radius 1 is 1.03 bits per heavy atom. The number of benzene rings is 1. The molecule has 5 rings (SSSR count). The lowest BCUT2D eigenvalue weighted by Crippen LogP contribution is -2.29. The third-order valence-electron chi connectivity index (χ3n) is 6.56. The summed E-state index contributed by atoms with van der Waals surface area (Å²) in [5.74, 6) is -0.0187. The lowest BCUT2D eigenvalue weighted by Gasteiger charge is -2.30. The van der Waals surface area contributed by atoms with Gasteiger partial charge < -0.3 is 9.30 Å². The quantitative estimate of drug-likeness (QED) is 0.438. The maximum atomic E-state index is 13.9. The van der Waals surface area contributed by atoms with Crippen LogP contribution in [0.4, 0.5) is 0 Å². The topological polar surface area (TPSA) is 79.0 Å². The Bertz CT molecular complexity index is 1510. The van der Waals surface area contributed by atoms with Crippen LogP contribution in [-0.4, -0.2) is 25.7 Å². The zero-order valence-electron chi connectivity index (χ0n) is 19.3. The van der Waals surface area contributed by atoms with Gasteiger partial charge in [-0.1, -0.05) is 11.6 Å². The van der Waals surface area contributed by atoms with Crippen LogP contribution < -0.4 is 11.1 Å². The van der Waals surface area contributed by atoms with Crippen molar-refractivity contribution in [2.45, 2.75) is 38.7 Å². The van der Waals surface area contributed by atoms with E-state index in [1.165, 1.54) is 0 Å². The van der Waals surface area contributed by atoms with Crippen molar-refractivity contribution in [3.63, 3.8) is 0 Å². The van der Waals surface area contributed by atoms with Gasteiger partial charge in [0.2, 0.25) is 5.56 Å². The number of aromatic nitrogens is 4. The van der Waals surface area contributed by atoms with E-state index in [1.807, 2.05) is 32.0 Å². The number of rotatable bonds is 3. The number of ether oxygens (including phenoxy) is 1. The summed E-state index contributed by atoms with van der Waals surface area (Å²) in [4.78, 5) is 35.2. The molecule has 0 saturated carbocycles. The van der Waals surface area contributed by atoms with Gasteiger partial charge in [-0.25, -0.2) is 9.97 Å². The van der Waals surface area contributed by atoms with E-state index in [0.29, 0.717) is 40.5 Å². The molecular formula is C26H25ClN4O3. The van der Waals surface area contributed by atoms with Crippen molar-refractivity contribution in [3.05, 3.63) is 96.9 Å². The molecule has 1 fully saturated rings. The lowest BCUT2D eigenvalue weighted by atomic mass is 9.87. The first-order valence-electron chi connectivity index (χ1n) is 11.3. The minimum Gasteiger partial charge on any atom is -0.373 e. The predicted octanol–water partition coefficient (Wildman–Crippen LogP) is 4.38. The van der Waals surface area contributed by atoms with Crippen LogP contribution in [0.1, 0.15) is 47.4 Å². The smallest absolute Gasteiger partial charge is 0.260 e. The Balaban J connectivity index is 1.64. The molecule has 8 heteroatoms. The molecule has 4 heterocycles. The van der Waals surface area contributed by atoms with Crippen molar-refractivity contribution in [2.24, 2.45) is 7.05 Å². The first-order valence-corrected chi connectivity index (χ1v) is 11.6. The number of aryl methyl sites for hydroxylation is 3. The fourth-order valence-electron chi connectivity index (χ4n) is 4.54. The normalized spacial score (nSPS) is 18.4. The van der Waals surface area contributed by atoms with E-state index >= 15 is 0 Å². The summed E-state index contributed by atoms with van der Waals surface area (Å²) < 4.78 is 9.22. The molecule has 174 valence electrons. The van der Waals surface area contributed by atoms with Crippen LogP contribution >= 0.6 is 11.6 Å². The van der Waals surface area contributed by atoms with E-state index in [9.17, 15) is 9.59 Å². The van der Waals surface area contributed by atoms with Crippen LogP contribution in [0.5, 0.6) is 0 Å². The third-order valence-corrected chi connectivity index (χ3v) is 6.81. The number of pyridine rings is 2. The van der Waals surface area contributed by atoms with Crippen molar-refractivity contribution < 1.29 is 4.74 Å². The number of fused-ring (bicyclic) bond motifs is 1. The highest BCUT2D eigenvalue weighted by Gasteiger charge is 2.29. The van der Waals surface area contributed by atoms with E-state index in [0.717, 1.165) is 23.4 Å². The van der Waals surface area contributed by atoms with E-state index in [2.05, 4.69) is 0 Å². The first kappa shape index (κ1) is 22.5. The molecule has 0 bridgehead atoms. The molecule has 1 aromatic carbocycles. The van der Waals surface area contributed by atoms with Crippen molar-refractivity contribution in [1.29, 1.82) is 0 Å². The minimum absolute atomic E-state index is 0.0187. The van der Waals surface area contributed by atoms with E-state index < -0.39 is 0 Å². The summed E-state index contributed by atoms with van der Waals surface area (Å²) in [6, 6.07) is 12.4. The SMILES string of the molecule is Cc1nc2cc(C3CCO[C@@H](c4ccc(=O)n(C)c4)C3)c(=O)n(-c3ccc(Cl)cc3)c2nc1C. The molecule has 0 amide bonds. The van der Waals surface area contributed by atoms with Gasteiger partial charge in [0.05, 0.1) is 23.2 Å². The zero-order chi connectivity index (χ0) is 24.0. The van der Waals surface area contributed by atoms with Gasteiger partial charge in [0.1, 0.15) is 5.52 Å². The van der Waals surface area contributed by atoms with Crippen molar-refractivity contribution in [3.8, 4) is 5.69 Å². The summed E-state index contributed by atoms with van der Waals surface area (Å²) in [7, 11) is 1.73.